The van der Waals surface area contributed by atoms with Gasteiger partial charge in [-0.25, -0.2) is 31.7 Å². The van der Waals surface area contributed by atoms with Gasteiger partial charge in [0.2, 0.25) is 10.0 Å². The van der Waals surface area contributed by atoms with Gasteiger partial charge in [0, 0.05) is 31.0 Å². The largest absolute Gasteiger partial charge is 0.347 e. The Bertz CT molecular complexity index is 805. The minimum absolute atomic E-state index is 0.0308. The summed E-state index contributed by atoms with van der Waals surface area (Å²) in [5.41, 5.74) is -0.218. The molecular formula is C14H15F2N3O3S. The minimum atomic E-state index is -3.62. The number of aromatic nitrogens is 2. The Hall–Kier alpha value is -2.13. The summed E-state index contributed by atoms with van der Waals surface area (Å²) in [4.78, 5) is 14.9. The molecule has 0 aliphatic carbocycles. The predicted octanol–water partition coefficient (Wildman–Crippen LogP) is 1.30. The van der Waals surface area contributed by atoms with Crippen molar-refractivity contribution in [3.05, 3.63) is 64.3 Å². The first-order valence-corrected chi connectivity index (χ1v) is 8.38. The topological polar surface area (TPSA) is 81.1 Å². The molecule has 0 spiro atoms. The van der Waals surface area contributed by atoms with E-state index in [1.165, 1.54) is 41.2 Å². The van der Waals surface area contributed by atoms with E-state index in [0.29, 0.717) is 5.56 Å². The van der Waals surface area contributed by atoms with Gasteiger partial charge < -0.3 is 0 Å². The highest BCUT2D eigenvalue weighted by molar-refractivity contribution is 7.88. The van der Waals surface area contributed by atoms with Crippen LogP contribution >= 0.6 is 0 Å². The van der Waals surface area contributed by atoms with E-state index in [0.717, 1.165) is 0 Å². The molecule has 0 unspecified atom stereocenters. The van der Waals surface area contributed by atoms with Crippen molar-refractivity contribution in [3.63, 3.8) is 0 Å². The molecule has 0 saturated heterocycles. The third-order valence-electron chi connectivity index (χ3n) is 3.05. The van der Waals surface area contributed by atoms with Gasteiger partial charge in [0.1, 0.15) is 0 Å². The SMILES string of the molecule is O=c1ncccn1CCNS(=O)(=O)Cc1ccc(C(F)F)cc1. The molecule has 1 heterocycles. The van der Waals surface area contributed by atoms with E-state index in [2.05, 4.69) is 9.71 Å². The van der Waals surface area contributed by atoms with Crippen LogP contribution in [-0.2, 0) is 22.3 Å². The van der Waals surface area contributed by atoms with E-state index >= 15 is 0 Å². The minimum Gasteiger partial charge on any atom is -0.298 e. The molecule has 124 valence electrons. The fraction of sp³-hybridized carbons (Fsp3) is 0.286. The molecule has 0 bridgehead atoms. The van der Waals surface area contributed by atoms with Crippen LogP contribution in [0.3, 0.4) is 0 Å². The summed E-state index contributed by atoms with van der Waals surface area (Å²) in [5.74, 6) is -0.321. The van der Waals surface area contributed by atoms with Gasteiger partial charge >= 0.3 is 5.69 Å². The highest BCUT2D eigenvalue weighted by atomic mass is 32.2. The second kappa shape index (κ2) is 7.42. The monoisotopic (exact) mass is 343 g/mol. The molecule has 0 atom stereocenters. The zero-order chi connectivity index (χ0) is 16.9. The first-order valence-electron chi connectivity index (χ1n) is 6.73. The van der Waals surface area contributed by atoms with Crippen molar-refractivity contribution < 1.29 is 17.2 Å². The molecule has 2 aromatic rings. The lowest BCUT2D eigenvalue weighted by Crippen LogP contribution is -2.32. The van der Waals surface area contributed by atoms with Crippen molar-refractivity contribution in [2.24, 2.45) is 0 Å². The highest BCUT2D eigenvalue weighted by Crippen LogP contribution is 2.19. The lowest BCUT2D eigenvalue weighted by Gasteiger charge is -2.08. The predicted molar refractivity (Wildman–Crippen MR) is 80.5 cm³/mol. The summed E-state index contributed by atoms with van der Waals surface area (Å²) in [6, 6.07) is 6.68. The van der Waals surface area contributed by atoms with Gasteiger partial charge in [-0.05, 0) is 11.6 Å². The second-order valence-electron chi connectivity index (χ2n) is 4.79. The molecule has 0 aliphatic rings. The molecule has 6 nitrogen and oxygen atoms in total. The molecule has 23 heavy (non-hydrogen) atoms. The van der Waals surface area contributed by atoms with Crippen molar-refractivity contribution >= 4 is 10.0 Å². The van der Waals surface area contributed by atoms with Gasteiger partial charge in [-0.15, -0.1) is 0 Å². The number of benzene rings is 1. The van der Waals surface area contributed by atoms with Crippen LogP contribution in [0.2, 0.25) is 0 Å². The Morgan fingerprint density at radius 1 is 1.22 bits per heavy atom. The van der Waals surface area contributed by atoms with Gasteiger partial charge in [-0.1, -0.05) is 24.3 Å². The Balaban J connectivity index is 1.92. The lowest BCUT2D eigenvalue weighted by atomic mass is 10.2. The molecule has 0 amide bonds. The summed E-state index contributed by atoms with van der Waals surface area (Å²) in [6.07, 6.45) is 0.273. The smallest absolute Gasteiger partial charge is 0.298 e. The van der Waals surface area contributed by atoms with Crippen LogP contribution < -0.4 is 10.4 Å². The number of sulfonamides is 1. The van der Waals surface area contributed by atoms with Crippen molar-refractivity contribution in [1.82, 2.24) is 14.3 Å². The molecule has 0 aliphatic heterocycles. The van der Waals surface area contributed by atoms with Crippen LogP contribution in [0.15, 0.2) is 47.5 Å². The van der Waals surface area contributed by atoms with Gasteiger partial charge in [0.15, 0.2) is 0 Å². The third kappa shape index (κ3) is 5.22. The molecule has 1 aromatic carbocycles. The molecule has 0 radical (unpaired) electrons. The maximum Gasteiger partial charge on any atom is 0.347 e. The maximum absolute atomic E-state index is 12.4. The number of halogens is 2. The first-order chi connectivity index (χ1) is 10.9. The average Bonchev–Trinajstić information content (AvgIpc) is 2.49. The Morgan fingerprint density at radius 2 is 1.91 bits per heavy atom. The second-order valence-corrected chi connectivity index (χ2v) is 6.60. The number of rotatable bonds is 7. The Kier molecular flexibility index (Phi) is 5.56. The van der Waals surface area contributed by atoms with Crippen molar-refractivity contribution in [3.8, 4) is 0 Å². The summed E-state index contributed by atoms with van der Waals surface area (Å²) in [7, 11) is -3.62. The van der Waals surface area contributed by atoms with Gasteiger partial charge in [-0.2, -0.15) is 0 Å². The zero-order valence-electron chi connectivity index (χ0n) is 12.0. The Labute approximate surface area is 131 Å². The van der Waals surface area contributed by atoms with Crippen LogP contribution in [0.1, 0.15) is 17.6 Å². The summed E-state index contributed by atoms with van der Waals surface area (Å²) < 4.78 is 52.4. The number of nitrogens with one attached hydrogen (secondary N) is 1. The van der Waals surface area contributed by atoms with Gasteiger partial charge in [0.05, 0.1) is 5.75 Å². The fourth-order valence-corrected chi connectivity index (χ4v) is 3.04. The van der Waals surface area contributed by atoms with Crippen LogP contribution in [0, 0.1) is 0 Å². The van der Waals surface area contributed by atoms with Crippen molar-refractivity contribution in [1.29, 1.82) is 0 Å². The quantitative estimate of drug-likeness (QED) is 0.822. The van der Waals surface area contributed by atoms with E-state index < -0.39 is 22.1 Å². The van der Waals surface area contributed by atoms with Crippen LogP contribution in [0.5, 0.6) is 0 Å². The summed E-state index contributed by atoms with van der Waals surface area (Å²) in [5, 5.41) is 0. The summed E-state index contributed by atoms with van der Waals surface area (Å²) in [6.45, 7) is 0.180. The van der Waals surface area contributed by atoms with Crippen LogP contribution in [-0.4, -0.2) is 24.5 Å². The zero-order valence-corrected chi connectivity index (χ0v) is 12.8. The molecule has 1 aromatic heterocycles. The standard InChI is InChI=1S/C14H15F2N3O3S/c15-13(16)12-4-2-11(3-5-12)10-23(21,22)18-7-9-19-8-1-6-17-14(19)20/h1-6,8,13,18H,7,9-10H2. The number of nitrogens with zero attached hydrogens (tertiary/aromatic N) is 2. The molecule has 2 rings (SSSR count). The fourth-order valence-electron chi connectivity index (χ4n) is 1.91. The van der Waals surface area contributed by atoms with Crippen molar-refractivity contribution in [2.75, 3.05) is 6.54 Å². The van der Waals surface area contributed by atoms with Crippen LogP contribution in [0.4, 0.5) is 8.78 Å². The normalized spacial score (nSPS) is 11.8. The van der Waals surface area contributed by atoms with E-state index in [1.54, 1.807) is 6.07 Å². The van der Waals surface area contributed by atoms with E-state index in [1.807, 2.05) is 0 Å². The molecule has 9 heteroatoms. The lowest BCUT2D eigenvalue weighted by molar-refractivity contribution is 0.151. The van der Waals surface area contributed by atoms with E-state index in [9.17, 15) is 22.0 Å². The average molecular weight is 343 g/mol. The third-order valence-corrected chi connectivity index (χ3v) is 4.40. The highest BCUT2D eigenvalue weighted by Gasteiger charge is 2.12. The molecule has 0 saturated carbocycles. The molecule has 0 fully saturated rings. The van der Waals surface area contributed by atoms with E-state index in [-0.39, 0.29) is 24.4 Å². The van der Waals surface area contributed by atoms with Crippen LogP contribution in [0.25, 0.3) is 0 Å². The number of hydrogen-bond acceptors (Lipinski definition) is 4. The van der Waals surface area contributed by atoms with Gasteiger partial charge in [0.25, 0.3) is 6.43 Å². The maximum atomic E-state index is 12.4. The number of hydrogen-bond donors (Lipinski definition) is 1. The van der Waals surface area contributed by atoms with E-state index in [4.69, 9.17) is 0 Å². The molecule has 1 N–H and O–H groups in total. The molecular weight excluding hydrogens is 328 g/mol. The van der Waals surface area contributed by atoms with Gasteiger partial charge in [-0.3, -0.25) is 4.57 Å². The Morgan fingerprint density at radius 3 is 2.52 bits per heavy atom. The number of alkyl halides is 2. The summed E-state index contributed by atoms with van der Waals surface area (Å²) >= 11 is 0. The first kappa shape index (κ1) is 17.2. The van der Waals surface area contributed by atoms with Crippen molar-refractivity contribution in [2.45, 2.75) is 18.7 Å².